The lowest BCUT2D eigenvalue weighted by atomic mass is 9.97. The van der Waals surface area contributed by atoms with E-state index < -0.39 is 5.91 Å². The molecule has 1 aliphatic carbocycles. The summed E-state index contributed by atoms with van der Waals surface area (Å²) in [6.07, 6.45) is 4.92. The summed E-state index contributed by atoms with van der Waals surface area (Å²) in [4.78, 5) is 32.7. The lowest BCUT2D eigenvalue weighted by Crippen LogP contribution is -2.26. The van der Waals surface area contributed by atoms with Gasteiger partial charge in [0.05, 0.1) is 12.0 Å². The van der Waals surface area contributed by atoms with Crippen LogP contribution >= 0.6 is 11.6 Å². The second kappa shape index (κ2) is 8.95. The van der Waals surface area contributed by atoms with Gasteiger partial charge in [-0.05, 0) is 62.1 Å². The summed E-state index contributed by atoms with van der Waals surface area (Å²) < 4.78 is 12.4. The number of hydrogen-bond acceptors (Lipinski definition) is 6. The van der Waals surface area contributed by atoms with Gasteiger partial charge in [-0.2, -0.15) is 9.78 Å². The van der Waals surface area contributed by atoms with Crippen LogP contribution in [0.3, 0.4) is 0 Å². The van der Waals surface area contributed by atoms with Crippen molar-refractivity contribution in [2.45, 2.75) is 25.7 Å². The fourth-order valence-electron chi connectivity index (χ4n) is 3.73. The molecule has 3 heterocycles. The Hall–Kier alpha value is -3.85. The number of aromatic amines is 1. The third-order valence-electron chi connectivity index (χ3n) is 5.31. The van der Waals surface area contributed by atoms with Crippen LogP contribution in [0.15, 0.2) is 57.9 Å². The Kier molecular flexibility index (Phi) is 5.70. The summed E-state index contributed by atoms with van der Waals surface area (Å²) in [5.74, 6) is 1.18. The zero-order chi connectivity index (χ0) is 22.8. The first-order chi connectivity index (χ1) is 16.1. The van der Waals surface area contributed by atoms with Crippen molar-refractivity contribution >= 4 is 23.3 Å². The highest BCUT2D eigenvalue weighted by Gasteiger charge is 2.20. The van der Waals surface area contributed by atoms with Crippen LogP contribution in [0, 0.1) is 0 Å². The van der Waals surface area contributed by atoms with Gasteiger partial charge >= 0.3 is 0 Å². The lowest BCUT2D eigenvalue weighted by Gasteiger charge is -2.15. The molecule has 0 saturated carbocycles. The number of ether oxygens (including phenoxy) is 1. The van der Waals surface area contributed by atoms with Gasteiger partial charge in [0.25, 0.3) is 11.5 Å². The molecule has 0 saturated heterocycles. The minimum atomic E-state index is -0.405. The van der Waals surface area contributed by atoms with E-state index in [1.54, 1.807) is 42.5 Å². The molecular formula is C23H20ClN5O4. The topological polar surface area (TPSA) is 115 Å². The van der Waals surface area contributed by atoms with Gasteiger partial charge in [-0.15, -0.1) is 0 Å². The molecule has 0 spiro atoms. The molecule has 0 atom stereocenters. The van der Waals surface area contributed by atoms with Crippen LogP contribution in [0.4, 0.5) is 5.82 Å². The number of rotatable bonds is 6. The summed E-state index contributed by atoms with van der Waals surface area (Å²) in [5.41, 5.74) is 1.77. The molecule has 33 heavy (non-hydrogen) atoms. The first-order valence-corrected chi connectivity index (χ1v) is 10.9. The number of nitrogens with one attached hydrogen (secondary N) is 2. The van der Waals surface area contributed by atoms with Gasteiger partial charge in [-0.3, -0.25) is 14.6 Å². The summed E-state index contributed by atoms with van der Waals surface area (Å²) >= 11 is 5.87. The van der Waals surface area contributed by atoms with E-state index >= 15 is 0 Å². The van der Waals surface area contributed by atoms with Crippen molar-refractivity contribution in [2.75, 3.05) is 11.9 Å². The van der Waals surface area contributed by atoms with E-state index in [4.69, 9.17) is 20.8 Å². The number of aryl methyl sites for hydroxylation is 1. The third-order valence-corrected chi connectivity index (χ3v) is 5.57. The highest BCUT2D eigenvalue weighted by atomic mass is 35.5. The summed E-state index contributed by atoms with van der Waals surface area (Å²) in [5, 5.41) is 7.87. The van der Waals surface area contributed by atoms with Crippen LogP contribution in [0.2, 0.25) is 5.02 Å². The number of halogens is 1. The standard InChI is InChI=1S/C23H20ClN5O4/c24-14-7-9-15(10-8-14)33-13-21(30)26-20-12-18(19-6-3-11-32-19)28-29(20)23-25-17-5-2-1-4-16(17)22(31)27-23/h3,6-12H,1-2,4-5,13H2,(H,26,30)(H,25,27,31). The normalized spacial score (nSPS) is 12.9. The van der Waals surface area contributed by atoms with Crippen molar-refractivity contribution in [3.05, 3.63) is 75.4 Å². The molecule has 0 fully saturated rings. The van der Waals surface area contributed by atoms with E-state index in [1.165, 1.54) is 10.9 Å². The number of amides is 1. The number of H-pyrrole nitrogens is 1. The highest BCUT2D eigenvalue weighted by molar-refractivity contribution is 6.30. The van der Waals surface area contributed by atoms with Crippen LogP contribution in [0.25, 0.3) is 17.4 Å². The molecule has 9 nitrogen and oxygen atoms in total. The van der Waals surface area contributed by atoms with Crippen LogP contribution in [-0.2, 0) is 17.6 Å². The average molecular weight is 466 g/mol. The Morgan fingerprint density at radius 2 is 2.03 bits per heavy atom. The Labute approximate surface area is 193 Å². The molecule has 2 N–H and O–H groups in total. The molecule has 10 heteroatoms. The third kappa shape index (κ3) is 4.54. The number of furan rings is 1. The van der Waals surface area contributed by atoms with E-state index in [0.717, 1.165) is 25.0 Å². The second-order valence-corrected chi connectivity index (χ2v) is 8.05. The maximum atomic E-state index is 12.6. The first-order valence-electron chi connectivity index (χ1n) is 10.5. The molecule has 0 radical (unpaired) electrons. The zero-order valence-electron chi connectivity index (χ0n) is 17.5. The Balaban J connectivity index is 1.44. The quantitative estimate of drug-likeness (QED) is 0.448. The second-order valence-electron chi connectivity index (χ2n) is 7.62. The number of benzene rings is 1. The molecule has 3 aromatic heterocycles. The van der Waals surface area contributed by atoms with Crippen LogP contribution in [0.5, 0.6) is 5.75 Å². The average Bonchev–Trinajstić information content (AvgIpc) is 3.49. The summed E-state index contributed by atoms with van der Waals surface area (Å²) in [7, 11) is 0. The highest BCUT2D eigenvalue weighted by Crippen LogP contribution is 2.25. The SMILES string of the molecule is O=C(COc1ccc(Cl)cc1)Nc1cc(-c2ccco2)nn1-c1nc2c(c(=O)[nH]1)CCCC2. The monoisotopic (exact) mass is 465 g/mol. The molecule has 0 bridgehead atoms. The van der Waals surface area contributed by atoms with Crippen molar-refractivity contribution in [3.8, 4) is 23.2 Å². The van der Waals surface area contributed by atoms with Gasteiger partial charge in [0.1, 0.15) is 17.3 Å². The number of nitrogens with zero attached hydrogens (tertiary/aromatic N) is 3. The molecule has 5 rings (SSSR count). The summed E-state index contributed by atoms with van der Waals surface area (Å²) in [6.45, 7) is -0.225. The fourth-order valence-corrected chi connectivity index (χ4v) is 3.85. The number of aromatic nitrogens is 4. The molecule has 0 unspecified atom stereocenters. The molecule has 168 valence electrons. The predicted molar refractivity (Wildman–Crippen MR) is 122 cm³/mol. The Morgan fingerprint density at radius 1 is 1.21 bits per heavy atom. The predicted octanol–water partition coefficient (Wildman–Crippen LogP) is 3.77. The molecule has 4 aromatic rings. The number of fused-ring (bicyclic) bond motifs is 1. The number of hydrogen-bond donors (Lipinski definition) is 2. The molecule has 1 amide bonds. The van der Waals surface area contributed by atoms with Crippen LogP contribution < -0.4 is 15.6 Å². The van der Waals surface area contributed by atoms with Gasteiger partial charge in [0.2, 0.25) is 5.95 Å². The maximum Gasteiger partial charge on any atom is 0.263 e. The minimum Gasteiger partial charge on any atom is -0.484 e. The van der Waals surface area contributed by atoms with Crippen molar-refractivity contribution < 1.29 is 13.9 Å². The molecule has 1 aromatic carbocycles. The van der Waals surface area contributed by atoms with Crippen LogP contribution in [-0.4, -0.2) is 32.3 Å². The van der Waals surface area contributed by atoms with Crippen molar-refractivity contribution in [1.82, 2.24) is 19.7 Å². The Bertz CT molecular complexity index is 1340. The zero-order valence-corrected chi connectivity index (χ0v) is 18.3. The van der Waals surface area contributed by atoms with Gasteiger partial charge in [-0.1, -0.05) is 11.6 Å². The largest absolute Gasteiger partial charge is 0.484 e. The van der Waals surface area contributed by atoms with Gasteiger partial charge in [0.15, 0.2) is 12.4 Å². The van der Waals surface area contributed by atoms with Crippen LogP contribution in [0.1, 0.15) is 24.1 Å². The van der Waals surface area contributed by atoms with E-state index in [0.29, 0.717) is 40.0 Å². The molecular weight excluding hydrogens is 446 g/mol. The lowest BCUT2D eigenvalue weighted by molar-refractivity contribution is -0.118. The molecule has 0 aliphatic heterocycles. The number of carbonyl (C=O) groups is 1. The first kappa shape index (κ1) is 21.0. The fraction of sp³-hybridized carbons (Fsp3) is 0.217. The van der Waals surface area contributed by atoms with E-state index in [2.05, 4.69) is 20.4 Å². The van der Waals surface area contributed by atoms with E-state index in [-0.39, 0.29) is 18.1 Å². The van der Waals surface area contributed by atoms with E-state index in [9.17, 15) is 9.59 Å². The van der Waals surface area contributed by atoms with Gasteiger partial charge < -0.3 is 14.5 Å². The number of anilines is 1. The van der Waals surface area contributed by atoms with Crippen molar-refractivity contribution in [1.29, 1.82) is 0 Å². The smallest absolute Gasteiger partial charge is 0.263 e. The number of carbonyl (C=O) groups excluding carboxylic acids is 1. The van der Waals surface area contributed by atoms with Crippen molar-refractivity contribution in [2.24, 2.45) is 0 Å². The van der Waals surface area contributed by atoms with E-state index in [1.807, 2.05) is 0 Å². The van der Waals surface area contributed by atoms with Gasteiger partial charge in [-0.25, -0.2) is 4.98 Å². The van der Waals surface area contributed by atoms with Gasteiger partial charge in [0, 0.05) is 16.7 Å². The minimum absolute atomic E-state index is 0.187. The Morgan fingerprint density at radius 3 is 2.82 bits per heavy atom. The molecule has 1 aliphatic rings. The maximum absolute atomic E-state index is 12.6. The summed E-state index contributed by atoms with van der Waals surface area (Å²) in [6, 6.07) is 11.9. The van der Waals surface area contributed by atoms with Crippen molar-refractivity contribution in [3.63, 3.8) is 0 Å².